The molecule has 4 nitrogen and oxygen atoms in total. The van der Waals surface area contributed by atoms with Gasteiger partial charge in [-0.2, -0.15) is 8.78 Å². The molecule has 39 heavy (non-hydrogen) atoms. The van der Waals surface area contributed by atoms with E-state index in [0.29, 0.717) is 17.5 Å². The average Bonchev–Trinajstić information content (AvgIpc) is 2.93. The summed E-state index contributed by atoms with van der Waals surface area (Å²) in [4.78, 5) is 32.7. The molecule has 0 saturated carbocycles. The maximum absolute atomic E-state index is 14.5. The van der Waals surface area contributed by atoms with Crippen LogP contribution < -0.4 is 0 Å². The lowest BCUT2D eigenvalue weighted by molar-refractivity contribution is 0.0557. The minimum atomic E-state index is -5.75. The van der Waals surface area contributed by atoms with Crippen LogP contribution in [0, 0.1) is 0 Å². The van der Waals surface area contributed by atoms with Gasteiger partial charge in [0.25, 0.3) is 0 Å². The lowest BCUT2D eigenvalue weighted by Crippen LogP contribution is -2.38. The van der Waals surface area contributed by atoms with Gasteiger partial charge in [0.1, 0.15) is 0 Å². The number of ketones is 1. The first kappa shape index (κ1) is 28.8. The second-order valence-corrected chi connectivity index (χ2v) is 11.7. The second-order valence-electron chi connectivity index (χ2n) is 9.24. The van der Waals surface area contributed by atoms with Gasteiger partial charge in [0, 0.05) is 15.6 Å². The van der Waals surface area contributed by atoms with E-state index >= 15 is 0 Å². The molecule has 0 bridgehead atoms. The molecule has 8 heteroatoms. The number of hydrogen-bond donors (Lipinski definition) is 2. The Morgan fingerprint density at radius 3 is 1.97 bits per heavy atom. The highest BCUT2D eigenvalue weighted by atomic mass is 79.9. The van der Waals surface area contributed by atoms with Gasteiger partial charge in [-0.1, -0.05) is 131 Å². The van der Waals surface area contributed by atoms with Crippen molar-refractivity contribution in [2.75, 3.05) is 0 Å². The predicted molar refractivity (Wildman–Crippen MR) is 153 cm³/mol. The Labute approximate surface area is 234 Å². The van der Waals surface area contributed by atoms with E-state index in [1.807, 2.05) is 78.9 Å². The monoisotopic (exact) mass is 610 g/mol. The van der Waals surface area contributed by atoms with Crippen LogP contribution in [-0.2, 0) is 22.1 Å². The van der Waals surface area contributed by atoms with Gasteiger partial charge in [0.15, 0.2) is 5.78 Å². The zero-order valence-corrected chi connectivity index (χ0v) is 23.2. The van der Waals surface area contributed by atoms with Gasteiger partial charge in [-0.25, -0.2) is 0 Å². The van der Waals surface area contributed by atoms with Crippen LogP contribution in [-0.4, -0.2) is 15.6 Å². The summed E-state index contributed by atoms with van der Waals surface area (Å²) in [5, 5.41) is 0. The molecule has 0 spiro atoms. The molecular formula is C31H26BrF2O4P. The molecule has 200 valence electrons. The number of Topliss-reactive ketones (excluding diaryl/α,β-unsaturated/α-hetero) is 1. The number of halogens is 3. The minimum absolute atomic E-state index is 0.132. The van der Waals surface area contributed by atoms with E-state index in [9.17, 15) is 27.9 Å². The number of alkyl halides is 2. The summed E-state index contributed by atoms with van der Waals surface area (Å²) in [7, 11) is -5.75. The van der Waals surface area contributed by atoms with Crippen molar-refractivity contribution in [3.05, 3.63) is 148 Å². The topological polar surface area (TPSA) is 74.6 Å². The van der Waals surface area contributed by atoms with Crippen molar-refractivity contribution in [1.82, 2.24) is 0 Å². The normalized spacial score (nSPS) is 13.8. The van der Waals surface area contributed by atoms with Crippen molar-refractivity contribution in [1.29, 1.82) is 0 Å². The number of rotatable bonds is 10. The Morgan fingerprint density at radius 1 is 0.846 bits per heavy atom. The van der Waals surface area contributed by atoms with E-state index in [4.69, 9.17) is 0 Å². The first-order chi connectivity index (χ1) is 18.5. The Hall–Kier alpha value is -3.22. The summed E-state index contributed by atoms with van der Waals surface area (Å²) in [6, 6.07) is 31.7. The lowest BCUT2D eigenvalue weighted by atomic mass is 9.68. The molecule has 0 aliphatic carbocycles. The summed E-state index contributed by atoms with van der Waals surface area (Å²) in [5.41, 5.74) is -3.48. The molecule has 1 unspecified atom stereocenters. The fourth-order valence-corrected chi connectivity index (χ4v) is 5.93. The van der Waals surface area contributed by atoms with Gasteiger partial charge in [0.2, 0.25) is 0 Å². The largest absolute Gasteiger partial charge is 0.399 e. The van der Waals surface area contributed by atoms with E-state index in [-0.39, 0.29) is 16.7 Å². The van der Waals surface area contributed by atoms with Gasteiger partial charge in [-0.3, -0.25) is 9.36 Å². The zero-order chi connectivity index (χ0) is 28.1. The highest BCUT2D eigenvalue weighted by Crippen LogP contribution is 2.60. The average molecular weight is 611 g/mol. The fourth-order valence-electron chi connectivity index (χ4n) is 4.60. The van der Waals surface area contributed by atoms with Crippen LogP contribution in [0.5, 0.6) is 0 Å². The Balaban J connectivity index is 1.83. The molecule has 0 amide bonds. The van der Waals surface area contributed by atoms with Crippen LogP contribution in [0.1, 0.15) is 39.0 Å². The lowest BCUT2D eigenvalue weighted by Gasteiger charge is -2.33. The number of hydrogen-bond acceptors (Lipinski definition) is 2. The molecule has 4 rings (SSSR count). The first-order valence-corrected chi connectivity index (χ1v) is 14.5. The first-order valence-electron chi connectivity index (χ1n) is 12.1. The third-order valence-electron chi connectivity index (χ3n) is 6.60. The van der Waals surface area contributed by atoms with Gasteiger partial charge in [-0.05, 0) is 35.6 Å². The van der Waals surface area contributed by atoms with Crippen LogP contribution in [0.2, 0.25) is 0 Å². The summed E-state index contributed by atoms with van der Waals surface area (Å²) in [6.07, 6.45) is 4.35. The molecule has 4 aromatic rings. The number of carbonyl (C=O) groups excluding carboxylic acids is 1. The number of benzene rings is 4. The fraction of sp³-hybridized carbons (Fsp3) is 0.129. The van der Waals surface area contributed by atoms with Crippen molar-refractivity contribution in [2.45, 2.75) is 23.9 Å². The van der Waals surface area contributed by atoms with E-state index in [1.165, 1.54) is 12.1 Å². The third-order valence-corrected chi connectivity index (χ3v) is 8.23. The Morgan fingerprint density at radius 2 is 1.41 bits per heavy atom. The number of allylic oxidation sites excluding steroid dienone is 1. The van der Waals surface area contributed by atoms with Gasteiger partial charge < -0.3 is 9.79 Å². The Bertz CT molecular complexity index is 1510. The molecule has 4 aromatic carbocycles. The van der Waals surface area contributed by atoms with Gasteiger partial charge in [-0.15, -0.1) is 0 Å². The standard InChI is InChI=1S/C31H26BrF2O4P/c32-28-21-24(18-19-27(28)31(33,34)39(36,37)38)22-30(26-16-8-3-9-17-26,29(35)25-14-6-2-7-15-25)20-10-13-23-11-4-1-5-12-23/h1-19,21H,20,22H2,(H2,36,37,38)/b13-10-. The van der Waals surface area contributed by atoms with E-state index in [2.05, 4.69) is 15.9 Å². The zero-order valence-electron chi connectivity index (χ0n) is 20.8. The molecular weight excluding hydrogens is 585 g/mol. The maximum Gasteiger partial charge on any atom is 0.399 e. The molecule has 1 atom stereocenters. The molecule has 0 radical (unpaired) electrons. The summed E-state index contributed by atoms with van der Waals surface area (Å²) < 4.78 is 40.3. The van der Waals surface area contributed by atoms with Crippen LogP contribution in [0.3, 0.4) is 0 Å². The van der Waals surface area contributed by atoms with Crippen molar-refractivity contribution in [2.24, 2.45) is 0 Å². The molecule has 0 fully saturated rings. The van der Waals surface area contributed by atoms with Crippen LogP contribution in [0.25, 0.3) is 6.08 Å². The maximum atomic E-state index is 14.5. The minimum Gasteiger partial charge on any atom is -0.320 e. The van der Waals surface area contributed by atoms with Crippen LogP contribution in [0.4, 0.5) is 8.78 Å². The predicted octanol–water partition coefficient (Wildman–Crippen LogP) is 8.14. The molecule has 0 aliphatic rings. The van der Waals surface area contributed by atoms with Crippen molar-refractivity contribution >= 4 is 35.4 Å². The van der Waals surface area contributed by atoms with Crippen molar-refractivity contribution in [3.63, 3.8) is 0 Å². The SMILES string of the molecule is O=C(c1ccccc1)C(C/C=C\c1ccccc1)(Cc1ccc(C(F)(F)P(=O)(O)O)c(Br)c1)c1ccccc1. The Kier molecular flexibility index (Phi) is 8.77. The quantitative estimate of drug-likeness (QED) is 0.140. The summed E-state index contributed by atoms with van der Waals surface area (Å²) in [6.45, 7) is 0. The molecule has 0 aromatic heterocycles. The second kappa shape index (κ2) is 11.9. The van der Waals surface area contributed by atoms with Crippen LogP contribution >= 0.6 is 23.5 Å². The third kappa shape index (κ3) is 6.34. The van der Waals surface area contributed by atoms with E-state index < -0.39 is 24.2 Å². The molecule has 2 N–H and O–H groups in total. The highest BCUT2D eigenvalue weighted by Gasteiger charge is 2.51. The van der Waals surface area contributed by atoms with E-state index in [1.54, 1.807) is 24.3 Å². The smallest absolute Gasteiger partial charge is 0.320 e. The van der Waals surface area contributed by atoms with Crippen molar-refractivity contribution in [3.8, 4) is 0 Å². The molecule has 0 heterocycles. The summed E-state index contributed by atoms with van der Waals surface area (Å²) in [5.74, 6) is -0.132. The number of carbonyl (C=O) groups is 1. The molecule has 0 saturated heterocycles. The summed E-state index contributed by atoms with van der Waals surface area (Å²) >= 11 is 3.08. The van der Waals surface area contributed by atoms with Gasteiger partial charge >= 0.3 is 13.3 Å². The van der Waals surface area contributed by atoms with Gasteiger partial charge in [0.05, 0.1) is 5.41 Å². The van der Waals surface area contributed by atoms with E-state index in [0.717, 1.165) is 17.2 Å². The molecule has 0 aliphatic heterocycles. The van der Waals surface area contributed by atoms with Crippen LogP contribution in [0.15, 0.2) is 120 Å². The van der Waals surface area contributed by atoms with Crippen molar-refractivity contribution < 1.29 is 27.9 Å². The highest BCUT2D eigenvalue weighted by molar-refractivity contribution is 9.10.